The lowest BCUT2D eigenvalue weighted by Crippen LogP contribution is -2.45. The number of phenolic OH excluding ortho intramolecular Hbond substituents is 1. The van der Waals surface area contributed by atoms with Crippen molar-refractivity contribution in [2.75, 3.05) is 46.9 Å². The quantitative estimate of drug-likeness (QED) is 0.583. The lowest BCUT2D eigenvalue weighted by Gasteiger charge is -2.32. The van der Waals surface area contributed by atoms with E-state index in [0.717, 1.165) is 67.2 Å². The SMILES string of the molecule is COc1ccc2c(c1)c(/C=C1\Oc3cc(O)cc(C)c3C1=O)c(C)n2CCN1CCN(C)CC1. The van der Waals surface area contributed by atoms with E-state index >= 15 is 0 Å². The van der Waals surface area contributed by atoms with Gasteiger partial charge < -0.3 is 24.0 Å². The number of aromatic nitrogens is 1. The molecule has 0 aliphatic carbocycles. The van der Waals surface area contributed by atoms with Gasteiger partial charge in [0.2, 0.25) is 5.78 Å². The van der Waals surface area contributed by atoms with E-state index in [-0.39, 0.29) is 17.3 Å². The van der Waals surface area contributed by atoms with Crippen LogP contribution in [0.25, 0.3) is 17.0 Å². The molecule has 1 N–H and O–H groups in total. The summed E-state index contributed by atoms with van der Waals surface area (Å²) in [7, 11) is 3.83. The van der Waals surface area contributed by atoms with Gasteiger partial charge in [-0.15, -0.1) is 0 Å². The number of methoxy groups -OCH3 is 1. The van der Waals surface area contributed by atoms with Gasteiger partial charge in [-0.05, 0) is 56.8 Å². The predicted molar refractivity (Wildman–Crippen MR) is 133 cm³/mol. The first-order chi connectivity index (χ1) is 16.4. The molecule has 0 radical (unpaired) electrons. The van der Waals surface area contributed by atoms with E-state index in [4.69, 9.17) is 9.47 Å². The van der Waals surface area contributed by atoms with Crippen molar-refractivity contribution in [2.24, 2.45) is 0 Å². The number of fused-ring (bicyclic) bond motifs is 2. The molecule has 0 amide bonds. The van der Waals surface area contributed by atoms with Gasteiger partial charge in [0, 0.05) is 67.5 Å². The maximum Gasteiger partial charge on any atom is 0.232 e. The Hall–Kier alpha value is -3.29. The zero-order valence-electron chi connectivity index (χ0n) is 20.2. The van der Waals surface area contributed by atoms with Crippen molar-refractivity contribution < 1.29 is 19.4 Å². The van der Waals surface area contributed by atoms with Gasteiger partial charge in [0.25, 0.3) is 0 Å². The van der Waals surface area contributed by atoms with Gasteiger partial charge in [-0.25, -0.2) is 0 Å². The van der Waals surface area contributed by atoms with Gasteiger partial charge in [0.05, 0.1) is 12.7 Å². The monoisotopic (exact) mass is 461 g/mol. The maximum atomic E-state index is 13.2. The molecule has 3 heterocycles. The number of nitrogens with zero attached hydrogens (tertiary/aromatic N) is 3. The molecule has 178 valence electrons. The van der Waals surface area contributed by atoms with Crippen molar-refractivity contribution in [1.29, 1.82) is 0 Å². The standard InChI is InChI=1S/C27H31N3O4/c1-17-13-19(31)14-24-26(17)27(32)25(34-24)16-21-18(2)30(12-11-29-9-7-28(3)8-10-29)23-6-5-20(33-4)15-22(21)23/h5-6,13-16,31H,7-12H2,1-4H3/b25-16-. The van der Waals surface area contributed by atoms with Crippen molar-refractivity contribution in [3.63, 3.8) is 0 Å². The number of carbonyl (C=O) groups excluding carboxylic acids is 1. The number of phenols is 1. The van der Waals surface area contributed by atoms with Crippen LogP contribution >= 0.6 is 0 Å². The minimum absolute atomic E-state index is 0.0896. The van der Waals surface area contributed by atoms with Crippen LogP contribution in [-0.2, 0) is 6.54 Å². The Bertz CT molecular complexity index is 1300. The Morgan fingerprint density at radius 1 is 1.09 bits per heavy atom. The Morgan fingerprint density at radius 3 is 2.59 bits per heavy atom. The molecule has 1 fully saturated rings. The normalized spacial score (nSPS) is 18.0. The van der Waals surface area contributed by atoms with Gasteiger partial charge in [-0.2, -0.15) is 0 Å². The van der Waals surface area contributed by atoms with Crippen molar-refractivity contribution in [3.05, 3.63) is 58.5 Å². The molecular formula is C27H31N3O4. The van der Waals surface area contributed by atoms with Gasteiger partial charge in [0.1, 0.15) is 17.2 Å². The second-order valence-corrected chi connectivity index (χ2v) is 9.25. The molecule has 34 heavy (non-hydrogen) atoms. The largest absolute Gasteiger partial charge is 0.508 e. The summed E-state index contributed by atoms with van der Waals surface area (Å²) < 4.78 is 13.7. The number of aromatic hydroxyl groups is 1. The summed E-state index contributed by atoms with van der Waals surface area (Å²) >= 11 is 0. The summed E-state index contributed by atoms with van der Waals surface area (Å²) in [5.41, 5.74) is 4.35. The minimum atomic E-state index is -0.159. The molecule has 1 aromatic heterocycles. The molecule has 2 aliphatic heterocycles. The number of aryl methyl sites for hydroxylation is 1. The van der Waals surface area contributed by atoms with Crippen LogP contribution in [-0.4, -0.2) is 72.1 Å². The Labute approximate surface area is 199 Å². The molecule has 0 unspecified atom stereocenters. The highest BCUT2D eigenvalue weighted by molar-refractivity contribution is 6.16. The summed E-state index contributed by atoms with van der Waals surface area (Å²) in [6, 6.07) is 9.16. The highest BCUT2D eigenvalue weighted by Gasteiger charge is 2.30. The number of Topliss-reactive ketones (excluding diaryl/α,β-unsaturated/α-hetero) is 1. The predicted octanol–water partition coefficient (Wildman–Crippen LogP) is 3.84. The molecule has 7 heteroatoms. The van der Waals surface area contributed by atoms with Crippen LogP contribution in [0, 0.1) is 13.8 Å². The third-order valence-corrected chi connectivity index (χ3v) is 7.05. The Balaban J connectivity index is 1.52. The maximum absolute atomic E-state index is 13.2. The molecule has 2 aromatic carbocycles. The molecule has 0 spiro atoms. The molecule has 0 bridgehead atoms. The number of likely N-dealkylation sites (N-methyl/N-ethyl adjacent to an activating group) is 1. The van der Waals surface area contributed by atoms with Crippen molar-refractivity contribution in [2.45, 2.75) is 20.4 Å². The number of carbonyl (C=O) groups is 1. The van der Waals surface area contributed by atoms with Crippen molar-refractivity contribution in [1.82, 2.24) is 14.4 Å². The van der Waals surface area contributed by atoms with Crippen molar-refractivity contribution in [3.8, 4) is 17.2 Å². The number of allylic oxidation sites excluding steroid dienone is 1. The number of piperazine rings is 1. The third-order valence-electron chi connectivity index (χ3n) is 7.05. The summed E-state index contributed by atoms with van der Waals surface area (Å²) in [4.78, 5) is 18.0. The second kappa shape index (κ2) is 8.81. The molecule has 7 nitrogen and oxygen atoms in total. The second-order valence-electron chi connectivity index (χ2n) is 9.25. The van der Waals surface area contributed by atoms with Crippen LogP contribution in [0.3, 0.4) is 0 Å². The van der Waals surface area contributed by atoms with E-state index < -0.39 is 0 Å². The smallest absolute Gasteiger partial charge is 0.232 e. The molecule has 0 saturated carbocycles. The lowest BCUT2D eigenvalue weighted by molar-refractivity contribution is 0.101. The third kappa shape index (κ3) is 3.95. The topological polar surface area (TPSA) is 67.2 Å². The molecular weight excluding hydrogens is 430 g/mol. The van der Waals surface area contributed by atoms with Crippen molar-refractivity contribution >= 4 is 22.8 Å². The van der Waals surface area contributed by atoms with Gasteiger partial charge in [-0.1, -0.05) is 0 Å². The van der Waals surface area contributed by atoms with E-state index in [9.17, 15) is 9.90 Å². The highest BCUT2D eigenvalue weighted by Crippen LogP contribution is 2.38. The number of ether oxygens (including phenoxy) is 2. The highest BCUT2D eigenvalue weighted by atomic mass is 16.5. The van der Waals surface area contributed by atoms with E-state index in [1.165, 1.54) is 6.07 Å². The van der Waals surface area contributed by atoms with Crippen LogP contribution in [0.15, 0.2) is 36.1 Å². The molecule has 3 aromatic rings. The van der Waals surface area contributed by atoms with Crippen LogP contribution in [0.4, 0.5) is 0 Å². The van der Waals surface area contributed by atoms with Crippen LogP contribution in [0.5, 0.6) is 17.2 Å². The zero-order chi connectivity index (χ0) is 24.0. The number of hydrogen-bond donors (Lipinski definition) is 1. The van der Waals surface area contributed by atoms with Gasteiger partial charge in [-0.3, -0.25) is 9.69 Å². The molecule has 2 aliphatic rings. The fraction of sp³-hybridized carbons (Fsp3) is 0.370. The fourth-order valence-electron chi connectivity index (χ4n) is 5.02. The number of rotatable bonds is 5. The van der Waals surface area contributed by atoms with Crippen LogP contribution in [0.2, 0.25) is 0 Å². The zero-order valence-corrected chi connectivity index (χ0v) is 20.2. The molecule has 5 rings (SSSR count). The van der Waals surface area contributed by atoms with E-state index in [1.807, 2.05) is 25.1 Å². The Morgan fingerprint density at radius 2 is 1.85 bits per heavy atom. The molecule has 1 saturated heterocycles. The average molecular weight is 462 g/mol. The molecule has 0 atom stereocenters. The number of benzene rings is 2. The summed E-state index contributed by atoms with van der Waals surface area (Å²) in [6.45, 7) is 10.1. The fourth-order valence-corrected chi connectivity index (χ4v) is 5.02. The van der Waals surface area contributed by atoms with Gasteiger partial charge >= 0.3 is 0 Å². The first-order valence-electron chi connectivity index (χ1n) is 11.7. The summed E-state index contributed by atoms with van der Waals surface area (Å²) in [5.74, 6) is 1.38. The summed E-state index contributed by atoms with van der Waals surface area (Å²) in [5, 5.41) is 11.0. The summed E-state index contributed by atoms with van der Waals surface area (Å²) in [6.07, 6.45) is 1.84. The van der Waals surface area contributed by atoms with E-state index in [1.54, 1.807) is 13.2 Å². The lowest BCUT2D eigenvalue weighted by atomic mass is 10.0. The Kier molecular flexibility index (Phi) is 5.83. The average Bonchev–Trinajstić information content (AvgIpc) is 3.26. The first kappa shape index (κ1) is 22.5. The first-order valence-corrected chi connectivity index (χ1v) is 11.7. The minimum Gasteiger partial charge on any atom is -0.508 e. The number of hydrogen-bond acceptors (Lipinski definition) is 6. The van der Waals surface area contributed by atoms with E-state index in [2.05, 4.69) is 34.4 Å². The number of ketones is 1. The van der Waals surface area contributed by atoms with Gasteiger partial charge in [0.15, 0.2) is 5.76 Å². The van der Waals surface area contributed by atoms with Crippen LogP contribution < -0.4 is 9.47 Å². The van der Waals surface area contributed by atoms with E-state index in [0.29, 0.717) is 16.9 Å². The van der Waals surface area contributed by atoms with Crippen LogP contribution in [0.1, 0.15) is 27.2 Å².